The fraction of sp³-hybridized carbons (Fsp3) is 0.200. The monoisotopic (exact) mass is 239 g/mol. The van der Waals surface area contributed by atoms with E-state index < -0.39 is 0 Å². The van der Waals surface area contributed by atoms with Gasteiger partial charge in [0.1, 0.15) is 11.5 Å². The Morgan fingerprint density at radius 3 is 3.00 bits per heavy atom. The first-order chi connectivity index (χ1) is 7.31. The molecule has 0 unspecified atom stereocenters. The van der Waals surface area contributed by atoms with E-state index in [0.29, 0.717) is 0 Å². The van der Waals surface area contributed by atoms with Gasteiger partial charge >= 0.3 is 0 Å². The Balaban J connectivity index is 2.37. The summed E-state index contributed by atoms with van der Waals surface area (Å²) in [5.41, 5.74) is 0.813. The average molecular weight is 240 g/mol. The largest absolute Gasteiger partial charge is 0.369 e. The molecule has 0 aliphatic rings. The van der Waals surface area contributed by atoms with Gasteiger partial charge in [0, 0.05) is 6.54 Å². The minimum atomic E-state index is 0.725. The second-order valence-corrected chi connectivity index (χ2v) is 4.24. The van der Waals surface area contributed by atoms with Crippen LogP contribution in [0.4, 0.5) is 5.82 Å². The smallest absolute Gasteiger partial charge is 0.145 e. The second kappa shape index (κ2) is 4.59. The molecule has 0 fully saturated rings. The molecule has 2 heterocycles. The summed E-state index contributed by atoms with van der Waals surface area (Å²) in [7, 11) is 0. The van der Waals surface area contributed by atoms with Crippen LogP contribution in [-0.4, -0.2) is 16.5 Å². The lowest BCUT2D eigenvalue weighted by molar-refractivity contribution is 1.13. The zero-order valence-electron chi connectivity index (χ0n) is 8.20. The van der Waals surface area contributed by atoms with Crippen molar-refractivity contribution in [1.82, 2.24) is 9.97 Å². The molecular weight excluding hydrogens is 230 g/mol. The molecule has 0 saturated heterocycles. The van der Waals surface area contributed by atoms with E-state index in [0.717, 1.165) is 28.0 Å². The van der Waals surface area contributed by atoms with Gasteiger partial charge in [-0.15, -0.1) is 11.3 Å². The Morgan fingerprint density at radius 2 is 2.33 bits per heavy atom. The van der Waals surface area contributed by atoms with Crippen LogP contribution in [0.1, 0.15) is 6.92 Å². The van der Waals surface area contributed by atoms with Gasteiger partial charge in [0.2, 0.25) is 0 Å². The van der Waals surface area contributed by atoms with Crippen molar-refractivity contribution in [2.24, 2.45) is 0 Å². The van der Waals surface area contributed by atoms with Gasteiger partial charge in [-0.1, -0.05) is 11.6 Å². The number of nitrogens with one attached hydrogen (secondary N) is 1. The molecule has 0 radical (unpaired) electrons. The van der Waals surface area contributed by atoms with Gasteiger partial charge in [-0.2, -0.15) is 0 Å². The highest BCUT2D eigenvalue weighted by Crippen LogP contribution is 2.31. The molecule has 0 saturated carbocycles. The lowest BCUT2D eigenvalue weighted by Crippen LogP contribution is -2.00. The van der Waals surface area contributed by atoms with Crippen LogP contribution in [0, 0.1) is 0 Å². The van der Waals surface area contributed by atoms with E-state index in [1.165, 1.54) is 0 Å². The highest BCUT2D eigenvalue weighted by atomic mass is 35.5. The summed E-state index contributed by atoms with van der Waals surface area (Å²) in [6, 6.07) is 1.86. The Bertz CT molecular complexity index is 455. The molecule has 0 aromatic carbocycles. The third kappa shape index (κ3) is 2.27. The summed E-state index contributed by atoms with van der Waals surface area (Å²) in [4.78, 5) is 9.50. The molecule has 3 nitrogen and oxygen atoms in total. The van der Waals surface area contributed by atoms with Crippen molar-refractivity contribution < 1.29 is 0 Å². The van der Waals surface area contributed by atoms with E-state index in [2.05, 4.69) is 15.3 Å². The topological polar surface area (TPSA) is 37.8 Å². The van der Waals surface area contributed by atoms with Gasteiger partial charge in [0.25, 0.3) is 0 Å². The van der Waals surface area contributed by atoms with Crippen LogP contribution in [0.5, 0.6) is 0 Å². The Labute approximate surface area is 97.2 Å². The molecule has 15 heavy (non-hydrogen) atoms. The van der Waals surface area contributed by atoms with E-state index in [9.17, 15) is 0 Å². The number of rotatable bonds is 3. The standard InChI is InChI=1S/C10H10ClN3S/c1-2-13-9-6-12-5-8(14-9)10-7(11)3-4-15-10/h3-6H,2H2,1H3,(H,13,14). The summed E-state index contributed by atoms with van der Waals surface area (Å²) in [5.74, 6) is 0.777. The van der Waals surface area contributed by atoms with Crippen LogP contribution in [0.3, 0.4) is 0 Å². The van der Waals surface area contributed by atoms with Crippen molar-refractivity contribution in [2.45, 2.75) is 6.92 Å². The zero-order valence-corrected chi connectivity index (χ0v) is 9.77. The molecule has 78 valence electrons. The molecule has 2 aromatic rings. The van der Waals surface area contributed by atoms with Gasteiger partial charge in [-0.3, -0.25) is 4.98 Å². The number of anilines is 1. The SMILES string of the molecule is CCNc1cncc(-c2sccc2Cl)n1. The number of hydrogen-bond donors (Lipinski definition) is 1. The molecule has 1 N–H and O–H groups in total. The maximum absolute atomic E-state index is 6.03. The van der Waals surface area contributed by atoms with E-state index in [1.54, 1.807) is 23.7 Å². The molecule has 5 heteroatoms. The fourth-order valence-electron chi connectivity index (χ4n) is 1.22. The summed E-state index contributed by atoms with van der Waals surface area (Å²) >= 11 is 7.59. The van der Waals surface area contributed by atoms with Gasteiger partial charge < -0.3 is 5.32 Å². The normalized spacial score (nSPS) is 10.3. The number of thiophene rings is 1. The van der Waals surface area contributed by atoms with Crippen molar-refractivity contribution in [2.75, 3.05) is 11.9 Å². The van der Waals surface area contributed by atoms with Gasteiger partial charge in [0.05, 0.1) is 22.3 Å². The Morgan fingerprint density at radius 1 is 1.47 bits per heavy atom. The Kier molecular flexibility index (Phi) is 3.18. The van der Waals surface area contributed by atoms with Crippen molar-refractivity contribution >= 4 is 28.8 Å². The fourth-order valence-corrected chi connectivity index (χ4v) is 2.33. The maximum Gasteiger partial charge on any atom is 0.145 e. The van der Waals surface area contributed by atoms with E-state index >= 15 is 0 Å². The number of hydrogen-bond acceptors (Lipinski definition) is 4. The predicted molar refractivity (Wildman–Crippen MR) is 64.5 cm³/mol. The molecule has 2 aromatic heterocycles. The maximum atomic E-state index is 6.03. The quantitative estimate of drug-likeness (QED) is 0.893. The first-order valence-corrected chi connectivity index (χ1v) is 5.86. The summed E-state index contributed by atoms with van der Waals surface area (Å²) in [6.07, 6.45) is 3.42. The van der Waals surface area contributed by atoms with Crippen molar-refractivity contribution in [3.8, 4) is 10.6 Å². The van der Waals surface area contributed by atoms with Crippen molar-refractivity contribution in [3.05, 3.63) is 28.9 Å². The molecule has 0 amide bonds. The van der Waals surface area contributed by atoms with Crippen LogP contribution in [0.25, 0.3) is 10.6 Å². The molecule has 0 spiro atoms. The van der Waals surface area contributed by atoms with E-state index in [1.807, 2.05) is 18.4 Å². The predicted octanol–water partition coefficient (Wildman–Crippen LogP) is 3.29. The van der Waals surface area contributed by atoms with E-state index in [4.69, 9.17) is 11.6 Å². The average Bonchev–Trinajstić information content (AvgIpc) is 2.65. The molecule has 0 bridgehead atoms. The van der Waals surface area contributed by atoms with Crippen LogP contribution in [-0.2, 0) is 0 Å². The molecule has 0 aliphatic heterocycles. The third-order valence-electron chi connectivity index (χ3n) is 1.84. The molecule has 0 atom stereocenters. The van der Waals surface area contributed by atoms with Crippen LogP contribution < -0.4 is 5.32 Å². The minimum absolute atomic E-state index is 0.725. The minimum Gasteiger partial charge on any atom is -0.369 e. The van der Waals surface area contributed by atoms with Crippen molar-refractivity contribution in [1.29, 1.82) is 0 Å². The van der Waals surface area contributed by atoms with Gasteiger partial charge in [-0.25, -0.2) is 4.98 Å². The summed E-state index contributed by atoms with van der Waals surface area (Å²) in [5, 5.41) is 5.79. The Hall–Kier alpha value is -1.13. The zero-order chi connectivity index (χ0) is 10.7. The number of nitrogens with zero attached hydrogens (tertiary/aromatic N) is 2. The second-order valence-electron chi connectivity index (χ2n) is 2.92. The summed E-state index contributed by atoms with van der Waals surface area (Å²) in [6.45, 7) is 2.85. The highest BCUT2D eigenvalue weighted by Gasteiger charge is 2.07. The molecule has 0 aliphatic carbocycles. The highest BCUT2D eigenvalue weighted by molar-refractivity contribution is 7.14. The molecule has 2 rings (SSSR count). The number of aromatic nitrogens is 2. The third-order valence-corrected chi connectivity index (χ3v) is 3.21. The lowest BCUT2D eigenvalue weighted by atomic mass is 10.3. The van der Waals surface area contributed by atoms with Crippen LogP contribution in [0.15, 0.2) is 23.8 Å². The number of halogens is 1. The lowest BCUT2D eigenvalue weighted by Gasteiger charge is -2.03. The van der Waals surface area contributed by atoms with Gasteiger partial charge in [-0.05, 0) is 18.4 Å². The first kappa shape index (κ1) is 10.4. The molecular formula is C10H10ClN3S. The van der Waals surface area contributed by atoms with E-state index in [-0.39, 0.29) is 0 Å². The first-order valence-electron chi connectivity index (χ1n) is 4.60. The summed E-state index contributed by atoms with van der Waals surface area (Å²) < 4.78 is 0. The van der Waals surface area contributed by atoms with Crippen LogP contribution in [0.2, 0.25) is 5.02 Å². The van der Waals surface area contributed by atoms with Gasteiger partial charge in [0.15, 0.2) is 0 Å². The van der Waals surface area contributed by atoms with Crippen LogP contribution >= 0.6 is 22.9 Å². The van der Waals surface area contributed by atoms with Crippen molar-refractivity contribution in [3.63, 3.8) is 0 Å².